The lowest BCUT2D eigenvalue weighted by molar-refractivity contribution is 0.0947. The normalized spacial score (nSPS) is 10.3. The fraction of sp³-hybridized carbons (Fsp3) is 0.267. The van der Waals surface area contributed by atoms with E-state index in [9.17, 15) is 9.59 Å². The molecule has 2 aromatic heterocycles. The summed E-state index contributed by atoms with van der Waals surface area (Å²) < 4.78 is 4.89. The van der Waals surface area contributed by atoms with Gasteiger partial charge in [0.2, 0.25) is 0 Å². The number of hydrogen-bond acceptors (Lipinski definition) is 4. The summed E-state index contributed by atoms with van der Waals surface area (Å²) in [4.78, 5) is 30.7. The monoisotopic (exact) mass is 287 g/mol. The Morgan fingerprint density at radius 2 is 2.19 bits per heavy atom. The van der Waals surface area contributed by atoms with Gasteiger partial charge in [0, 0.05) is 26.5 Å². The lowest BCUT2D eigenvalue weighted by Crippen LogP contribution is -2.30. The standard InChI is InChI=1S/C15H17N3O3/c1-21-10-4-9-17-14(19)11-6-7-13(18-15(11)20)12-5-2-3-8-16-12/h2-3,5-8H,4,9-10H2,1H3,(H,17,19)(H,18,20). The summed E-state index contributed by atoms with van der Waals surface area (Å²) in [5, 5.41) is 2.68. The number of rotatable bonds is 6. The molecular weight excluding hydrogens is 270 g/mol. The maximum absolute atomic E-state index is 12.0. The quantitative estimate of drug-likeness (QED) is 0.782. The van der Waals surface area contributed by atoms with E-state index >= 15 is 0 Å². The van der Waals surface area contributed by atoms with Gasteiger partial charge in [-0.25, -0.2) is 0 Å². The molecular formula is C15H17N3O3. The van der Waals surface area contributed by atoms with Gasteiger partial charge >= 0.3 is 0 Å². The van der Waals surface area contributed by atoms with E-state index in [1.165, 1.54) is 6.07 Å². The van der Waals surface area contributed by atoms with Gasteiger partial charge in [0.25, 0.3) is 11.5 Å². The minimum Gasteiger partial charge on any atom is -0.385 e. The van der Waals surface area contributed by atoms with Gasteiger partial charge in [-0.2, -0.15) is 0 Å². The van der Waals surface area contributed by atoms with Crippen LogP contribution in [-0.4, -0.2) is 36.1 Å². The number of nitrogens with zero attached hydrogens (tertiary/aromatic N) is 1. The molecule has 0 unspecified atom stereocenters. The third-order valence-corrected chi connectivity index (χ3v) is 2.91. The Bertz CT molecular complexity index is 653. The Labute approximate surface area is 122 Å². The summed E-state index contributed by atoms with van der Waals surface area (Å²) in [6.45, 7) is 1.03. The summed E-state index contributed by atoms with van der Waals surface area (Å²) >= 11 is 0. The van der Waals surface area contributed by atoms with Gasteiger partial charge in [-0.15, -0.1) is 0 Å². The molecule has 2 N–H and O–H groups in total. The molecule has 0 spiro atoms. The van der Waals surface area contributed by atoms with Gasteiger partial charge in [0.1, 0.15) is 5.56 Å². The fourth-order valence-electron chi connectivity index (χ4n) is 1.84. The Kier molecular flexibility index (Phi) is 5.22. The maximum Gasteiger partial charge on any atom is 0.261 e. The summed E-state index contributed by atoms with van der Waals surface area (Å²) in [6.07, 6.45) is 2.34. The van der Waals surface area contributed by atoms with Crippen LogP contribution in [-0.2, 0) is 4.74 Å². The van der Waals surface area contributed by atoms with Crippen molar-refractivity contribution in [3.05, 3.63) is 52.4 Å². The highest BCUT2D eigenvalue weighted by Crippen LogP contribution is 2.11. The Morgan fingerprint density at radius 3 is 2.86 bits per heavy atom. The van der Waals surface area contributed by atoms with Crippen LogP contribution in [0.3, 0.4) is 0 Å². The number of aromatic nitrogens is 2. The number of pyridine rings is 2. The first-order chi connectivity index (χ1) is 10.2. The van der Waals surface area contributed by atoms with E-state index in [1.807, 2.05) is 6.07 Å². The van der Waals surface area contributed by atoms with Crippen molar-refractivity contribution in [3.8, 4) is 11.4 Å². The third-order valence-electron chi connectivity index (χ3n) is 2.91. The van der Waals surface area contributed by atoms with E-state index < -0.39 is 5.56 Å². The molecule has 1 amide bonds. The van der Waals surface area contributed by atoms with E-state index in [-0.39, 0.29) is 11.5 Å². The van der Waals surface area contributed by atoms with Crippen molar-refractivity contribution in [2.45, 2.75) is 6.42 Å². The molecule has 0 aromatic carbocycles. The molecule has 6 heteroatoms. The molecule has 2 rings (SSSR count). The number of carbonyl (C=O) groups is 1. The third kappa shape index (κ3) is 4.00. The summed E-state index contributed by atoms with van der Waals surface area (Å²) in [7, 11) is 1.60. The first kappa shape index (κ1) is 14.9. The maximum atomic E-state index is 12.0. The van der Waals surface area contributed by atoms with Crippen molar-refractivity contribution in [3.63, 3.8) is 0 Å². The average Bonchev–Trinajstić information content (AvgIpc) is 2.52. The molecule has 0 aliphatic carbocycles. The van der Waals surface area contributed by atoms with Crippen molar-refractivity contribution >= 4 is 5.91 Å². The smallest absolute Gasteiger partial charge is 0.261 e. The second-order valence-corrected chi connectivity index (χ2v) is 4.43. The lowest BCUT2D eigenvalue weighted by atomic mass is 10.2. The molecule has 6 nitrogen and oxygen atoms in total. The Hall–Kier alpha value is -2.47. The van der Waals surface area contributed by atoms with E-state index in [2.05, 4.69) is 15.3 Å². The van der Waals surface area contributed by atoms with Gasteiger partial charge in [0.15, 0.2) is 0 Å². The van der Waals surface area contributed by atoms with Crippen molar-refractivity contribution < 1.29 is 9.53 Å². The summed E-state index contributed by atoms with van der Waals surface area (Å²) in [5.41, 5.74) is 0.896. The number of nitrogens with one attached hydrogen (secondary N) is 2. The van der Waals surface area contributed by atoms with Crippen LogP contribution < -0.4 is 10.9 Å². The van der Waals surface area contributed by atoms with Crippen LogP contribution in [0, 0.1) is 0 Å². The lowest BCUT2D eigenvalue weighted by Gasteiger charge is -2.05. The van der Waals surface area contributed by atoms with E-state index in [1.54, 1.807) is 31.5 Å². The highest BCUT2D eigenvalue weighted by atomic mass is 16.5. The van der Waals surface area contributed by atoms with Crippen molar-refractivity contribution in [1.82, 2.24) is 15.3 Å². The number of ether oxygens (including phenoxy) is 1. The zero-order valence-electron chi connectivity index (χ0n) is 11.8. The van der Waals surface area contributed by atoms with Crippen molar-refractivity contribution in [1.29, 1.82) is 0 Å². The molecule has 21 heavy (non-hydrogen) atoms. The first-order valence-electron chi connectivity index (χ1n) is 6.64. The summed E-state index contributed by atoms with van der Waals surface area (Å²) in [6, 6.07) is 8.60. The highest BCUT2D eigenvalue weighted by Gasteiger charge is 2.11. The number of amides is 1. The van der Waals surface area contributed by atoms with E-state index in [4.69, 9.17) is 4.74 Å². The fourth-order valence-corrected chi connectivity index (χ4v) is 1.84. The van der Waals surface area contributed by atoms with Crippen LogP contribution in [0.4, 0.5) is 0 Å². The number of aromatic amines is 1. The van der Waals surface area contributed by atoms with Crippen LogP contribution in [0.25, 0.3) is 11.4 Å². The summed E-state index contributed by atoms with van der Waals surface area (Å²) in [5.74, 6) is -0.389. The predicted octanol–water partition coefficient (Wildman–Crippen LogP) is 1.20. The SMILES string of the molecule is COCCCNC(=O)c1ccc(-c2ccccn2)[nH]c1=O. The molecule has 0 aliphatic rings. The van der Waals surface area contributed by atoms with Gasteiger partial charge in [-0.1, -0.05) is 6.07 Å². The highest BCUT2D eigenvalue weighted by molar-refractivity contribution is 5.94. The molecule has 0 aliphatic heterocycles. The van der Waals surface area contributed by atoms with Crippen LogP contribution in [0.1, 0.15) is 16.8 Å². The van der Waals surface area contributed by atoms with Gasteiger partial charge in [0.05, 0.1) is 11.4 Å². The van der Waals surface area contributed by atoms with Crippen LogP contribution in [0.15, 0.2) is 41.3 Å². The molecule has 0 bridgehead atoms. The van der Waals surface area contributed by atoms with Gasteiger partial charge < -0.3 is 15.0 Å². The molecule has 0 saturated heterocycles. The Balaban J connectivity index is 2.09. The number of carbonyl (C=O) groups excluding carboxylic acids is 1. The molecule has 2 aromatic rings. The van der Waals surface area contributed by atoms with Crippen molar-refractivity contribution in [2.75, 3.05) is 20.3 Å². The Morgan fingerprint density at radius 1 is 1.33 bits per heavy atom. The van der Waals surface area contributed by atoms with Crippen LogP contribution in [0.2, 0.25) is 0 Å². The number of methoxy groups -OCH3 is 1. The molecule has 2 heterocycles. The van der Waals surface area contributed by atoms with Gasteiger partial charge in [-0.05, 0) is 30.7 Å². The molecule has 0 fully saturated rings. The topological polar surface area (TPSA) is 84.1 Å². The predicted molar refractivity (Wildman–Crippen MR) is 79.1 cm³/mol. The molecule has 110 valence electrons. The second kappa shape index (κ2) is 7.35. The second-order valence-electron chi connectivity index (χ2n) is 4.43. The van der Waals surface area contributed by atoms with Crippen LogP contribution >= 0.6 is 0 Å². The molecule has 0 radical (unpaired) electrons. The molecule has 0 atom stereocenters. The zero-order valence-corrected chi connectivity index (χ0v) is 11.8. The van der Waals surface area contributed by atoms with E-state index in [0.29, 0.717) is 31.0 Å². The first-order valence-corrected chi connectivity index (χ1v) is 6.64. The van der Waals surface area contributed by atoms with Crippen LogP contribution in [0.5, 0.6) is 0 Å². The number of H-pyrrole nitrogens is 1. The molecule has 0 saturated carbocycles. The zero-order chi connectivity index (χ0) is 15.1. The van der Waals surface area contributed by atoms with Crippen molar-refractivity contribution in [2.24, 2.45) is 0 Å². The van der Waals surface area contributed by atoms with E-state index in [0.717, 1.165) is 0 Å². The van der Waals surface area contributed by atoms with Gasteiger partial charge in [-0.3, -0.25) is 14.6 Å². The average molecular weight is 287 g/mol. The minimum absolute atomic E-state index is 0.0899. The largest absolute Gasteiger partial charge is 0.385 e. The number of hydrogen-bond donors (Lipinski definition) is 2. The minimum atomic E-state index is -0.428.